The van der Waals surface area contributed by atoms with E-state index in [2.05, 4.69) is 44.6 Å². The summed E-state index contributed by atoms with van der Waals surface area (Å²) in [5, 5.41) is 45.2. The van der Waals surface area contributed by atoms with Gasteiger partial charge in [0.15, 0.2) is 22.9 Å². The lowest BCUT2D eigenvalue weighted by molar-refractivity contribution is 0.0748. The molecule has 18 heteroatoms. The maximum Gasteiger partial charge on any atom is 0.260 e. The summed E-state index contributed by atoms with van der Waals surface area (Å²) in [7, 11) is 3.07. The van der Waals surface area contributed by atoms with Gasteiger partial charge in [-0.3, -0.25) is 19.0 Å². The molecule has 4 N–H and O–H groups in total. The number of aliphatic hydroxyl groups is 2. The number of imidazole rings is 2. The first-order chi connectivity index (χ1) is 30.1. The van der Waals surface area contributed by atoms with Crippen LogP contribution in [0, 0.1) is 11.8 Å². The smallest absolute Gasteiger partial charge is 0.260 e. The van der Waals surface area contributed by atoms with Gasteiger partial charge in [-0.05, 0) is 86.8 Å². The summed E-state index contributed by atoms with van der Waals surface area (Å²) in [6, 6.07) is 14.8. The Balaban J connectivity index is 0.000000158. The third-order valence-corrected chi connectivity index (χ3v) is 12.1. The van der Waals surface area contributed by atoms with Gasteiger partial charge in [0.1, 0.15) is 11.5 Å². The number of ether oxygens (including phenoxy) is 2. The number of rotatable bonds is 8. The summed E-state index contributed by atoms with van der Waals surface area (Å²) < 4.78 is 18.1. The van der Waals surface area contributed by atoms with E-state index in [0.717, 1.165) is 60.3 Å². The fraction of sp³-hybridized carbons (Fsp3) is 0.364. The van der Waals surface area contributed by atoms with E-state index in [1.165, 1.54) is 14.2 Å². The van der Waals surface area contributed by atoms with E-state index < -0.39 is 0 Å². The Labute approximate surface area is 355 Å². The molecule has 62 heavy (non-hydrogen) atoms. The zero-order chi connectivity index (χ0) is 43.1. The number of amides is 2. The van der Waals surface area contributed by atoms with Crippen LogP contribution in [0.2, 0.25) is 0 Å². The van der Waals surface area contributed by atoms with Gasteiger partial charge in [-0.1, -0.05) is 13.8 Å². The van der Waals surface area contributed by atoms with Gasteiger partial charge in [0.05, 0.1) is 73.1 Å². The summed E-state index contributed by atoms with van der Waals surface area (Å²) in [6.07, 6.45) is 14.7. The topological polar surface area (TPSA) is 213 Å². The van der Waals surface area contributed by atoms with Gasteiger partial charge in [-0.15, -0.1) is 0 Å². The fourth-order valence-electron chi connectivity index (χ4n) is 8.86. The van der Waals surface area contributed by atoms with Gasteiger partial charge in [-0.2, -0.15) is 29.4 Å². The highest BCUT2D eigenvalue weighted by atomic mass is 16.5. The standard InChI is InChI=1S/2C22H24N6O3/c2*1-13-8-15(29)5-6-18(13)27-12-14-9-16(19(31-2)10-17(14)26-27)22(30)25-21-11-23-20-4-3-7-24-28(20)21/h2*3-4,7,9-13,15,18,29H,5-6,8H2,1-2H3,(H,25,30)/t13-,15+,18-;13-,15-,18-/m00/s1. The van der Waals surface area contributed by atoms with Crippen LogP contribution < -0.4 is 20.1 Å². The van der Waals surface area contributed by atoms with E-state index in [4.69, 9.17) is 19.7 Å². The van der Waals surface area contributed by atoms with Crippen LogP contribution in [-0.4, -0.2) is 97.2 Å². The number of hydrogen-bond donors (Lipinski definition) is 4. The minimum Gasteiger partial charge on any atom is -0.496 e. The monoisotopic (exact) mass is 840 g/mol. The number of fused-ring (bicyclic) bond motifs is 4. The van der Waals surface area contributed by atoms with Crippen molar-refractivity contribution >= 4 is 56.6 Å². The van der Waals surface area contributed by atoms with Gasteiger partial charge >= 0.3 is 0 Å². The van der Waals surface area contributed by atoms with Gasteiger partial charge in [0, 0.05) is 47.7 Å². The van der Waals surface area contributed by atoms with E-state index in [0.29, 0.717) is 57.4 Å². The Morgan fingerprint density at radius 1 is 0.661 bits per heavy atom. The summed E-state index contributed by atoms with van der Waals surface area (Å²) >= 11 is 0. The molecule has 2 aliphatic carbocycles. The third kappa shape index (κ3) is 7.89. The van der Waals surface area contributed by atoms with Crippen molar-refractivity contribution in [2.24, 2.45) is 11.8 Å². The molecule has 0 aliphatic heterocycles. The van der Waals surface area contributed by atoms with Crippen LogP contribution in [0.4, 0.5) is 11.6 Å². The van der Waals surface area contributed by atoms with Crippen LogP contribution in [0.15, 0.2) is 85.7 Å². The highest BCUT2D eigenvalue weighted by molar-refractivity contribution is 6.09. The number of nitrogens with one attached hydrogen (secondary N) is 2. The highest BCUT2D eigenvalue weighted by Gasteiger charge is 2.30. The highest BCUT2D eigenvalue weighted by Crippen LogP contribution is 2.37. The first-order valence-electron chi connectivity index (χ1n) is 20.8. The Hall–Kier alpha value is -6.92. The van der Waals surface area contributed by atoms with Crippen LogP contribution in [0.3, 0.4) is 0 Å². The molecule has 2 aromatic carbocycles. The molecule has 10 rings (SSSR count). The number of carbonyl (C=O) groups is 2. The molecule has 2 amide bonds. The maximum absolute atomic E-state index is 13.1. The number of aromatic nitrogens is 10. The zero-order valence-corrected chi connectivity index (χ0v) is 34.8. The molecule has 0 bridgehead atoms. The van der Waals surface area contributed by atoms with E-state index in [9.17, 15) is 19.8 Å². The fourth-order valence-corrected chi connectivity index (χ4v) is 8.86. The third-order valence-electron chi connectivity index (χ3n) is 12.1. The van der Waals surface area contributed by atoms with Gasteiger partial charge < -0.3 is 30.3 Å². The second kappa shape index (κ2) is 16.9. The second-order valence-corrected chi connectivity index (χ2v) is 16.2. The second-order valence-electron chi connectivity index (χ2n) is 16.2. The van der Waals surface area contributed by atoms with Crippen molar-refractivity contribution in [1.29, 1.82) is 0 Å². The van der Waals surface area contributed by atoms with Crippen LogP contribution >= 0.6 is 0 Å². The van der Waals surface area contributed by atoms with Gasteiger partial charge in [0.2, 0.25) is 0 Å². The van der Waals surface area contributed by atoms with Crippen molar-refractivity contribution in [2.45, 2.75) is 76.7 Å². The van der Waals surface area contributed by atoms with Crippen molar-refractivity contribution in [2.75, 3.05) is 24.9 Å². The molecule has 0 spiro atoms. The number of aliphatic hydroxyl groups excluding tert-OH is 2. The predicted molar refractivity (Wildman–Crippen MR) is 231 cm³/mol. The zero-order valence-electron chi connectivity index (χ0n) is 34.8. The minimum absolute atomic E-state index is 0.225. The van der Waals surface area contributed by atoms with Crippen molar-refractivity contribution in [3.8, 4) is 11.5 Å². The maximum atomic E-state index is 13.1. The molecule has 8 aromatic rings. The molecule has 0 unspecified atom stereocenters. The van der Waals surface area contributed by atoms with Crippen molar-refractivity contribution < 1.29 is 29.3 Å². The summed E-state index contributed by atoms with van der Waals surface area (Å²) in [4.78, 5) is 34.6. The van der Waals surface area contributed by atoms with Crippen molar-refractivity contribution in [1.82, 2.24) is 48.8 Å². The number of nitrogens with zero attached hydrogens (tertiary/aromatic N) is 10. The average molecular weight is 841 g/mol. The van der Waals surface area contributed by atoms with E-state index in [-0.39, 0.29) is 36.1 Å². The molecule has 0 radical (unpaired) electrons. The lowest BCUT2D eigenvalue weighted by atomic mass is 9.84. The predicted octanol–water partition coefficient (Wildman–Crippen LogP) is 6.12. The van der Waals surface area contributed by atoms with Gasteiger partial charge in [-0.25, -0.2) is 9.97 Å². The van der Waals surface area contributed by atoms with E-state index in [1.807, 2.05) is 33.9 Å². The molecule has 6 aromatic heterocycles. The Morgan fingerprint density at radius 2 is 1.10 bits per heavy atom. The molecular formula is C44H48N12O6. The summed E-state index contributed by atoms with van der Waals surface area (Å²) in [5.74, 6) is 1.88. The Morgan fingerprint density at radius 3 is 1.50 bits per heavy atom. The number of hydrogen-bond acceptors (Lipinski definition) is 12. The first kappa shape index (κ1) is 40.5. The number of methoxy groups -OCH3 is 2. The molecule has 2 aliphatic rings. The lowest BCUT2D eigenvalue weighted by Gasteiger charge is -2.31. The largest absolute Gasteiger partial charge is 0.496 e. The minimum atomic E-state index is -0.312. The molecule has 6 heterocycles. The molecule has 2 fully saturated rings. The van der Waals surface area contributed by atoms with Crippen LogP contribution in [0.5, 0.6) is 11.5 Å². The molecule has 18 nitrogen and oxygen atoms in total. The quantitative estimate of drug-likeness (QED) is 0.136. The average Bonchev–Trinajstić information content (AvgIpc) is 4.08. The Kier molecular flexibility index (Phi) is 11.0. The van der Waals surface area contributed by atoms with Gasteiger partial charge in [0.25, 0.3) is 11.8 Å². The van der Waals surface area contributed by atoms with E-state index >= 15 is 0 Å². The lowest BCUT2D eigenvalue weighted by Crippen LogP contribution is -2.28. The number of benzene rings is 2. The van der Waals surface area contributed by atoms with Crippen LogP contribution in [0.1, 0.15) is 85.2 Å². The van der Waals surface area contributed by atoms with Crippen molar-refractivity contribution in [3.63, 3.8) is 0 Å². The summed E-state index contributed by atoms with van der Waals surface area (Å²) in [5.41, 5.74) is 3.65. The normalized spacial score (nSPS) is 21.5. The Bertz CT molecular complexity index is 2720. The van der Waals surface area contributed by atoms with E-state index in [1.54, 1.807) is 70.2 Å². The number of anilines is 2. The van der Waals surface area contributed by atoms with Crippen molar-refractivity contribution in [3.05, 3.63) is 96.8 Å². The number of carbonyl (C=O) groups excluding carboxylic acids is 2. The molecular weight excluding hydrogens is 793 g/mol. The van der Waals surface area contributed by atoms with Crippen LogP contribution in [0.25, 0.3) is 33.1 Å². The molecule has 0 saturated heterocycles. The molecule has 6 atom stereocenters. The first-order valence-corrected chi connectivity index (χ1v) is 20.8. The molecule has 2 saturated carbocycles. The molecule has 320 valence electrons. The van der Waals surface area contributed by atoms with Crippen LogP contribution in [-0.2, 0) is 0 Å². The SMILES string of the molecule is COc1cc2nn([C@H]3CC[C@@H](O)C[C@@H]3C)cc2cc1C(=O)Nc1cnc2cccnn12.COc1cc2nn([C@H]3CC[C@H](O)C[C@@H]3C)cc2cc1C(=O)Nc1cnc2cccnn12. The summed E-state index contributed by atoms with van der Waals surface area (Å²) in [6.45, 7) is 4.28.